The SMILES string of the molecule is N#C[C@@H]1CCOCC[C@H]1C(=O)O. The highest BCUT2D eigenvalue weighted by Crippen LogP contribution is 2.22. The molecule has 1 N–H and O–H groups in total. The maximum Gasteiger partial charge on any atom is 0.307 e. The van der Waals surface area contributed by atoms with Gasteiger partial charge in [-0.3, -0.25) is 4.79 Å². The lowest BCUT2D eigenvalue weighted by Gasteiger charge is -2.12. The Morgan fingerprint density at radius 2 is 2.17 bits per heavy atom. The van der Waals surface area contributed by atoms with E-state index in [1.165, 1.54) is 0 Å². The van der Waals surface area contributed by atoms with Crippen LogP contribution in [0, 0.1) is 23.2 Å². The first kappa shape index (κ1) is 9.01. The van der Waals surface area contributed by atoms with Crippen molar-refractivity contribution in [3.63, 3.8) is 0 Å². The number of nitriles is 1. The van der Waals surface area contributed by atoms with Gasteiger partial charge in [0.05, 0.1) is 17.9 Å². The van der Waals surface area contributed by atoms with Crippen molar-refractivity contribution < 1.29 is 14.6 Å². The molecule has 2 atom stereocenters. The Bertz CT molecular complexity index is 209. The van der Waals surface area contributed by atoms with Gasteiger partial charge in [0.15, 0.2) is 0 Å². The van der Waals surface area contributed by atoms with Crippen LogP contribution < -0.4 is 0 Å². The van der Waals surface area contributed by atoms with Gasteiger partial charge in [0, 0.05) is 13.2 Å². The molecule has 1 saturated heterocycles. The lowest BCUT2D eigenvalue weighted by atomic mass is 9.89. The third kappa shape index (κ3) is 1.95. The summed E-state index contributed by atoms with van der Waals surface area (Å²) < 4.78 is 5.09. The van der Waals surface area contributed by atoms with E-state index in [1.54, 1.807) is 0 Å². The minimum Gasteiger partial charge on any atom is -0.481 e. The Balaban J connectivity index is 2.65. The van der Waals surface area contributed by atoms with Crippen molar-refractivity contribution in [2.45, 2.75) is 12.8 Å². The molecule has 0 bridgehead atoms. The third-order valence-electron chi connectivity index (χ3n) is 2.12. The van der Waals surface area contributed by atoms with E-state index < -0.39 is 11.9 Å². The molecule has 0 saturated carbocycles. The van der Waals surface area contributed by atoms with Crippen molar-refractivity contribution in [2.75, 3.05) is 13.2 Å². The molecule has 1 aliphatic heterocycles. The number of carboxylic acid groups (broad SMARTS) is 1. The minimum absolute atomic E-state index is 0.384. The number of carboxylic acids is 1. The Labute approximate surface area is 70.7 Å². The maximum absolute atomic E-state index is 10.7. The fraction of sp³-hybridized carbons (Fsp3) is 0.750. The monoisotopic (exact) mass is 169 g/mol. The second kappa shape index (κ2) is 4.07. The molecule has 1 fully saturated rings. The fourth-order valence-electron chi connectivity index (χ4n) is 1.38. The van der Waals surface area contributed by atoms with Crippen LogP contribution in [0.3, 0.4) is 0 Å². The molecule has 0 aromatic rings. The molecule has 1 aliphatic rings. The summed E-state index contributed by atoms with van der Waals surface area (Å²) in [6.07, 6.45) is 0.987. The number of aliphatic carboxylic acids is 1. The molecule has 1 heterocycles. The summed E-state index contributed by atoms with van der Waals surface area (Å²) in [5, 5.41) is 17.4. The van der Waals surface area contributed by atoms with Gasteiger partial charge < -0.3 is 9.84 Å². The first-order chi connectivity index (χ1) is 5.75. The molecule has 66 valence electrons. The lowest BCUT2D eigenvalue weighted by molar-refractivity contribution is -0.143. The molecular formula is C8H11NO3. The summed E-state index contributed by atoms with van der Waals surface area (Å²) >= 11 is 0. The van der Waals surface area contributed by atoms with Crippen molar-refractivity contribution >= 4 is 5.97 Å². The molecule has 4 nitrogen and oxygen atoms in total. The molecule has 4 heteroatoms. The summed E-state index contributed by atoms with van der Waals surface area (Å²) in [5.74, 6) is -1.81. The lowest BCUT2D eigenvalue weighted by Crippen LogP contribution is -2.22. The molecule has 0 amide bonds. The number of nitrogens with zero attached hydrogens (tertiary/aromatic N) is 1. The van der Waals surface area contributed by atoms with Gasteiger partial charge in [0.1, 0.15) is 0 Å². The Morgan fingerprint density at radius 3 is 2.75 bits per heavy atom. The molecule has 12 heavy (non-hydrogen) atoms. The highest BCUT2D eigenvalue weighted by atomic mass is 16.5. The van der Waals surface area contributed by atoms with E-state index in [1.807, 2.05) is 6.07 Å². The summed E-state index contributed by atoms with van der Waals surface area (Å²) in [6.45, 7) is 0.956. The van der Waals surface area contributed by atoms with E-state index in [-0.39, 0.29) is 5.92 Å². The zero-order valence-electron chi connectivity index (χ0n) is 6.69. The summed E-state index contributed by atoms with van der Waals surface area (Å²) in [6, 6.07) is 2.01. The normalized spacial score (nSPS) is 30.2. The highest BCUT2D eigenvalue weighted by molar-refractivity contribution is 5.70. The third-order valence-corrected chi connectivity index (χ3v) is 2.12. The Kier molecular flexibility index (Phi) is 3.06. The zero-order chi connectivity index (χ0) is 8.97. The van der Waals surface area contributed by atoms with Crippen LogP contribution in [0.25, 0.3) is 0 Å². The molecule has 0 aromatic heterocycles. The molecule has 0 aromatic carbocycles. The van der Waals surface area contributed by atoms with E-state index >= 15 is 0 Å². The standard InChI is InChI=1S/C8H11NO3/c9-5-6-1-3-12-4-2-7(6)8(10)11/h6-7H,1-4H2,(H,10,11)/t6-,7+/m0/s1. The smallest absolute Gasteiger partial charge is 0.307 e. The van der Waals surface area contributed by atoms with Crippen molar-refractivity contribution in [1.29, 1.82) is 5.26 Å². The van der Waals surface area contributed by atoms with Crippen LogP contribution in [0.15, 0.2) is 0 Å². The number of ether oxygens (including phenoxy) is 1. The Hall–Kier alpha value is -1.08. The first-order valence-corrected chi connectivity index (χ1v) is 3.96. The summed E-state index contributed by atoms with van der Waals surface area (Å²) in [7, 11) is 0. The van der Waals surface area contributed by atoms with Crippen LogP contribution in [0.2, 0.25) is 0 Å². The number of rotatable bonds is 1. The topological polar surface area (TPSA) is 70.3 Å². The summed E-state index contributed by atoms with van der Waals surface area (Å²) in [4.78, 5) is 10.7. The largest absolute Gasteiger partial charge is 0.481 e. The highest BCUT2D eigenvalue weighted by Gasteiger charge is 2.29. The number of hydrogen-bond donors (Lipinski definition) is 1. The van der Waals surface area contributed by atoms with Crippen LogP contribution in [-0.4, -0.2) is 24.3 Å². The molecule has 1 rings (SSSR count). The van der Waals surface area contributed by atoms with Crippen LogP contribution in [0.1, 0.15) is 12.8 Å². The quantitative estimate of drug-likeness (QED) is 0.625. The predicted molar refractivity (Wildman–Crippen MR) is 40.3 cm³/mol. The fourth-order valence-corrected chi connectivity index (χ4v) is 1.38. The van der Waals surface area contributed by atoms with Crippen LogP contribution >= 0.6 is 0 Å². The van der Waals surface area contributed by atoms with E-state index in [9.17, 15) is 4.79 Å². The van der Waals surface area contributed by atoms with Gasteiger partial charge in [-0.2, -0.15) is 5.26 Å². The number of carbonyl (C=O) groups is 1. The zero-order valence-corrected chi connectivity index (χ0v) is 6.69. The predicted octanol–water partition coefficient (Wildman–Crippen LogP) is 0.637. The van der Waals surface area contributed by atoms with Crippen LogP contribution in [-0.2, 0) is 9.53 Å². The Morgan fingerprint density at radius 1 is 1.50 bits per heavy atom. The molecule has 0 aliphatic carbocycles. The van der Waals surface area contributed by atoms with Crippen molar-refractivity contribution in [1.82, 2.24) is 0 Å². The molecular weight excluding hydrogens is 158 g/mol. The van der Waals surface area contributed by atoms with E-state index in [0.717, 1.165) is 0 Å². The summed E-state index contributed by atoms with van der Waals surface area (Å²) in [5.41, 5.74) is 0. The van der Waals surface area contributed by atoms with Gasteiger partial charge in [0.2, 0.25) is 0 Å². The van der Waals surface area contributed by atoms with Gasteiger partial charge in [0.25, 0.3) is 0 Å². The van der Waals surface area contributed by atoms with Crippen molar-refractivity contribution in [3.05, 3.63) is 0 Å². The van der Waals surface area contributed by atoms with Gasteiger partial charge in [-0.1, -0.05) is 0 Å². The first-order valence-electron chi connectivity index (χ1n) is 3.96. The van der Waals surface area contributed by atoms with Crippen molar-refractivity contribution in [2.24, 2.45) is 11.8 Å². The van der Waals surface area contributed by atoms with Crippen molar-refractivity contribution in [3.8, 4) is 6.07 Å². The average Bonchev–Trinajstić information content (AvgIpc) is 2.27. The van der Waals surface area contributed by atoms with Crippen LogP contribution in [0.5, 0.6) is 0 Å². The van der Waals surface area contributed by atoms with E-state index in [2.05, 4.69) is 0 Å². The molecule has 0 radical (unpaired) electrons. The average molecular weight is 169 g/mol. The molecule has 0 spiro atoms. The second-order valence-corrected chi connectivity index (χ2v) is 2.87. The van der Waals surface area contributed by atoms with Gasteiger partial charge >= 0.3 is 5.97 Å². The van der Waals surface area contributed by atoms with Gasteiger partial charge in [-0.05, 0) is 12.8 Å². The number of hydrogen-bond acceptors (Lipinski definition) is 3. The van der Waals surface area contributed by atoms with Crippen LogP contribution in [0.4, 0.5) is 0 Å². The maximum atomic E-state index is 10.7. The van der Waals surface area contributed by atoms with Gasteiger partial charge in [-0.15, -0.1) is 0 Å². The minimum atomic E-state index is -0.882. The second-order valence-electron chi connectivity index (χ2n) is 2.87. The van der Waals surface area contributed by atoms with E-state index in [0.29, 0.717) is 26.1 Å². The van der Waals surface area contributed by atoms with E-state index in [4.69, 9.17) is 15.1 Å². The molecule has 0 unspecified atom stereocenters. The van der Waals surface area contributed by atoms with Gasteiger partial charge in [-0.25, -0.2) is 0 Å².